The maximum atomic E-state index is 13.8. The van der Waals surface area contributed by atoms with E-state index in [1.807, 2.05) is 6.92 Å². The highest BCUT2D eigenvalue weighted by atomic mass is 35.5. The monoisotopic (exact) mass is 456 g/mol. The summed E-state index contributed by atoms with van der Waals surface area (Å²) in [6.07, 6.45) is 0. The number of nitrogens with zero attached hydrogens (tertiary/aromatic N) is 1. The average molecular weight is 457 g/mol. The Balaban J connectivity index is 2.11. The van der Waals surface area contributed by atoms with Crippen LogP contribution < -0.4 is 5.32 Å². The van der Waals surface area contributed by atoms with E-state index in [1.165, 1.54) is 22.7 Å². The van der Waals surface area contributed by atoms with Crippen LogP contribution in [-0.4, -0.2) is 35.1 Å². The molecule has 0 bridgehead atoms. The molecule has 8 heteroatoms. The summed E-state index contributed by atoms with van der Waals surface area (Å²) in [6, 6.07) is 10.8. The van der Waals surface area contributed by atoms with E-state index in [1.54, 1.807) is 43.3 Å². The number of likely N-dealkylation sites (N-methyl/N-ethyl adjacent to an activating group) is 1. The van der Waals surface area contributed by atoms with E-state index < -0.39 is 6.04 Å². The number of benzene rings is 2. The summed E-state index contributed by atoms with van der Waals surface area (Å²) >= 11 is 13.5. The largest absolute Gasteiger partial charge is 0.355 e. The van der Waals surface area contributed by atoms with Gasteiger partial charge in [0, 0.05) is 28.9 Å². The zero-order valence-electron chi connectivity index (χ0n) is 16.3. The van der Waals surface area contributed by atoms with E-state index in [-0.39, 0.29) is 29.9 Å². The lowest BCUT2D eigenvalue weighted by atomic mass is 10.1. The molecule has 0 saturated heterocycles. The molecule has 0 heterocycles. The molecule has 2 rings (SSSR count). The van der Waals surface area contributed by atoms with Crippen molar-refractivity contribution in [1.82, 2.24) is 10.2 Å². The normalized spacial score (nSPS) is 11.8. The standard InChI is InChI=1S/C21H23Cl2FN2O2S/c1-3-25-21(28)14(2)26(11-15-8-9-17(22)10-18(15)23)20(27)13-29-12-16-6-4-5-7-19(16)24/h4-10,14H,3,11-13H2,1-2H3,(H,25,28). The van der Waals surface area contributed by atoms with Crippen molar-refractivity contribution in [1.29, 1.82) is 0 Å². The molecule has 0 aliphatic carbocycles. The molecule has 1 atom stereocenters. The number of halogens is 3. The van der Waals surface area contributed by atoms with E-state index in [0.29, 0.717) is 33.5 Å². The Morgan fingerprint density at radius 2 is 1.90 bits per heavy atom. The molecule has 2 aromatic rings. The number of amides is 2. The smallest absolute Gasteiger partial charge is 0.242 e. The summed E-state index contributed by atoms with van der Waals surface area (Å²) in [5.74, 6) is -0.290. The van der Waals surface area contributed by atoms with Crippen molar-refractivity contribution in [2.75, 3.05) is 12.3 Å². The Labute approximate surface area is 184 Å². The number of thioether (sulfide) groups is 1. The van der Waals surface area contributed by atoms with Gasteiger partial charge in [0.25, 0.3) is 0 Å². The summed E-state index contributed by atoms with van der Waals surface area (Å²) in [6.45, 7) is 4.13. The third kappa shape index (κ3) is 6.91. The van der Waals surface area contributed by atoms with Gasteiger partial charge in [-0.15, -0.1) is 11.8 Å². The minimum absolute atomic E-state index is 0.114. The molecule has 0 radical (unpaired) electrons. The number of carbonyl (C=O) groups is 2. The fourth-order valence-corrected chi connectivity index (χ4v) is 4.05. The minimum Gasteiger partial charge on any atom is -0.355 e. The van der Waals surface area contributed by atoms with Crippen molar-refractivity contribution in [3.63, 3.8) is 0 Å². The quantitative estimate of drug-likeness (QED) is 0.582. The molecule has 0 spiro atoms. The first-order valence-corrected chi connectivity index (χ1v) is 11.1. The first kappa shape index (κ1) is 23.5. The van der Waals surface area contributed by atoms with Gasteiger partial charge in [0.15, 0.2) is 0 Å². The number of carbonyl (C=O) groups excluding carboxylic acids is 2. The zero-order chi connectivity index (χ0) is 21.4. The third-order valence-corrected chi connectivity index (χ3v) is 5.87. The second kappa shape index (κ2) is 11.4. The average Bonchev–Trinajstić information content (AvgIpc) is 2.68. The molecule has 2 amide bonds. The highest BCUT2D eigenvalue weighted by Crippen LogP contribution is 2.24. The molecule has 1 N–H and O–H groups in total. The molecular weight excluding hydrogens is 434 g/mol. The molecule has 2 aromatic carbocycles. The molecule has 29 heavy (non-hydrogen) atoms. The number of rotatable bonds is 9. The number of nitrogens with one attached hydrogen (secondary N) is 1. The lowest BCUT2D eigenvalue weighted by molar-refractivity contribution is -0.138. The van der Waals surface area contributed by atoms with Gasteiger partial charge in [-0.2, -0.15) is 0 Å². The van der Waals surface area contributed by atoms with Gasteiger partial charge in [-0.1, -0.05) is 47.5 Å². The fraction of sp³-hybridized carbons (Fsp3) is 0.333. The van der Waals surface area contributed by atoms with Crippen LogP contribution in [0, 0.1) is 5.82 Å². The van der Waals surface area contributed by atoms with Crippen molar-refractivity contribution in [2.24, 2.45) is 0 Å². The first-order chi connectivity index (χ1) is 13.8. The van der Waals surface area contributed by atoms with Crippen molar-refractivity contribution >= 4 is 46.8 Å². The van der Waals surface area contributed by atoms with Crippen LogP contribution in [0.3, 0.4) is 0 Å². The second-order valence-electron chi connectivity index (χ2n) is 6.41. The molecule has 0 aromatic heterocycles. The van der Waals surface area contributed by atoms with Gasteiger partial charge in [-0.25, -0.2) is 4.39 Å². The van der Waals surface area contributed by atoms with Gasteiger partial charge >= 0.3 is 0 Å². The summed E-state index contributed by atoms with van der Waals surface area (Å²) in [4.78, 5) is 26.7. The summed E-state index contributed by atoms with van der Waals surface area (Å²) in [5, 5.41) is 3.66. The van der Waals surface area contributed by atoms with Crippen molar-refractivity contribution < 1.29 is 14.0 Å². The van der Waals surface area contributed by atoms with Crippen LogP contribution in [-0.2, 0) is 21.9 Å². The minimum atomic E-state index is -0.678. The van der Waals surface area contributed by atoms with Crippen LogP contribution in [0.15, 0.2) is 42.5 Å². The Kier molecular flexibility index (Phi) is 9.27. The van der Waals surface area contributed by atoms with Crippen LogP contribution in [0.5, 0.6) is 0 Å². The Morgan fingerprint density at radius 3 is 2.55 bits per heavy atom. The van der Waals surface area contributed by atoms with Crippen LogP contribution >= 0.6 is 35.0 Å². The van der Waals surface area contributed by atoms with Gasteiger partial charge in [0.2, 0.25) is 11.8 Å². The SMILES string of the molecule is CCNC(=O)C(C)N(Cc1ccc(Cl)cc1Cl)C(=O)CSCc1ccccc1F. The van der Waals surface area contributed by atoms with E-state index in [9.17, 15) is 14.0 Å². The van der Waals surface area contributed by atoms with Gasteiger partial charge in [0.05, 0.1) is 5.75 Å². The van der Waals surface area contributed by atoms with E-state index >= 15 is 0 Å². The second-order valence-corrected chi connectivity index (χ2v) is 8.24. The van der Waals surface area contributed by atoms with Crippen molar-refractivity contribution in [3.8, 4) is 0 Å². The Bertz CT molecular complexity index is 866. The molecule has 0 fully saturated rings. The predicted octanol–water partition coefficient (Wildman–Crippen LogP) is 4.92. The van der Waals surface area contributed by atoms with Gasteiger partial charge in [-0.05, 0) is 43.2 Å². The molecule has 0 aliphatic rings. The Morgan fingerprint density at radius 1 is 1.17 bits per heavy atom. The molecule has 1 unspecified atom stereocenters. The Hall–Kier alpha value is -1.76. The fourth-order valence-electron chi connectivity index (χ4n) is 2.68. The molecular formula is C21H23Cl2FN2O2S. The maximum absolute atomic E-state index is 13.8. The van der Waals surface area contributed by atoms with E-state index in [2.05, 4.69) is 5.32 Å². The van der Waals surface area contributed by atoms with Gasteiger partial charge < -0.3 is 10.2 Å². The third-order valence-electron chi connectivity index (χ3n) is 4.32. The van der Waals surface area contributed by atoms with Crippen LogP contribution in [0.2, 0.25) is 10.0 Å². The van der Waals surface area contributed by atoms with E-state index in [0.717, 1.165) is 0 Å². The summed E-state index contributed by atoms with van der Waals surface area (Å²) < 4.78 is 13.8. The van der Waals surface area contributed by atoms with Crippen molar-refractivity contribution in [2.45, 2.75) is 32.2 Å². The molecule has 4 nitrogen and oxygen atoms in total. The molecule has 0 aliphatic heterocycles. The lowest BCUT2D eigenvalue weighted by Gasteiger charge is -2.29. The number of hydrogen-bond donors (Lipinski definition) is 1. The topological polar surface area (TPSA) is 49.4 Å². The van der Waals surface area contributed by atoms with Crippen LogP contribution in [0.4, 0.5) is 4.39 Å². The van der Waals surface area contributed by atoms with Crippen LogP contribution in [0.1, 0.15) is 25.0 Å². The first-order valence-electron chi connectivity index (χ1n) is 9.15. The summed E-state index contributed by atoms with van der Waals surface area (Å²) in [5.41, 5.74) is 1.23. The van der Waals surface area contributed by atoms with Gasteiger partial charge in [0.1, 0.15) is 11.9 Å². The van der Waals surface area contributed by atoms with Crippen LogP contribution in [0.25, 0.3) is 0 Å². The number of hydrogen-bond acceptors (Lipinski definition) is 3. The van der Waals surface area contributed by atoms with Gasteiger partial charge in [-0.3, -0.25) is 9.59 Å². The molecule has 0 saturated carbocycles. The predicted molar refractivity (Wildman–Crippen MR) is 118 cm³/mol. The molecule has 156 valence electrons. The zero-order valence-corrected chi connectivity index (χ0v) is 18.6. The highest BCUT2D eigenvalue weighted by Gasteiger charge is 2.26. The lowest BCUT2D eigenvalue weighted by Crippen LogP contribution is -2.48. The highest BCUT2D eigenvalue weighted by molar-refractivity contribution is 7.99. The maximum Gasteiger partial charge on any atom is 0.242 e. The van der Waals surface area contributed by atoms with E-state index in [4.69, 9.17) is 23.2 Å². The van der Waals surface area contributed by atoms with Crippen molar-refractivity contribution in [3.05, 3.63) is 69.5 Å². The summed E-state index contributed by atoms with van der Waals surface area (Å²) in [7, 11) is 0.